The van der Waals surface area contributed by atoms with Crippen molar-refractivity contribution in [3.05, 3.63) is 11.8 Å². The lowest BCUT2D eigenvalue weighted by atomic mass is 10.2. The van der Waals surface area contributed by atoms with E-state index < -0.39 is 6.04 Å². The first-order valence-corrected chi connectivity index (χ1v) is 4.62. The Morgan fingerprint density at radius 1 is 1.80 bits per heavy atom. The second-order valence-electron chi connectivity index (χ2n) is 3.20. The lowest BCUT2D eigenvalue weighted by molar-refractivity contribution is -0.117. The van der Waals surface area contributed by atoms with Gasteiger partial charge in [-0.3, -0.25) is 4.79 Å². The standard InChI is InChI=1S/C9H15N3O3/c1-6-5-8(12-15-6)11-9(13)7(10)3-4-14-2/h5,7H,3-4,10H2,1-2H3,(H,11,12,13). The van der Waals surface area contributed by atoms with Gasteiger partial charge in [0.1, 0.15) is 5.76 Å². The van der Waals surface area contributed by atoms with Gasteiger partial charge in [-0.2, -0.15) is 0 Å². The van der Waals surface area contributed by atoms with E-state index in [0.29, 0.717) is 24.6 Å². The van der Waals surface area contributed by atoms with E-state index in [1.54, 1.807) is 20.1 Å². The van der Waals surface area contributed by atoms with E-state index in [4.69, 9.17) is 15.0 Å². The van der Waals surface area contributed by atoms with Crippen molar-refractivity contribution in [2.45, 2.75) is 19.4 Å². The maximum atomic E-state index is 11.5. The fourth-order valence-electron chi connectivity index (χ4n) is 1.02. The molecule has 0 aliphatic rings. The Bertz CT molecular complexity index is 324. The van der Waals surface area contributed by atoms with Gasteiger partial charge in [0.2, 0.25) is 5.91 Å². The quantitative estimate of drug-likeness (QED) is 0.733. The molecule has 0 radical (unpaired) electrons. The molecule has 1 unspecified atom stereocenters. The lowest BCUT2D eigenvalue weighted by Gasteiger charge is -2.09. The summed E-state index contributed by atoms with van der Waals surface area (Å²) < 4.78 is 9.62. The minimum atomic E-state index is -0.595. The number of nitrogens with two attached hydrogens (primary N) is 1. The maximum Gasteiger partial charge on any atom is 0.242 e. The topological polar surface area (TPSA) is 90.4 Å². The van der Waals surface area contributed by atoms with Gasteiger partial charge in [0, 0.05) is 19.8 Å². The number of hydrogen-bond donors (Lipinski definition) is 2. The van der Waals surface area contributed by atoms with Gasteiger partial charge in [0.25, 0.3) is 0 Å². The van der Waals surface area contributed by atoms with Crippen LogP contribution in [0.5, 0.6) is 0 Å². The first-order chi connectivity index (χ1) is 7.13. The predicted octanol–water partition coefficient (Wildman–Crippen LogP) is 0.285. The molecule has 15 heavy (non-hydrogen) atoms. The van der Waals surface area contributed by atoms with Crippen molar-refractivity contribution in [3.8, 4) is 0 Å². The number of aryl methyl sites for hydroxylation is 1. The first kappa shape index (κ1) is 11.7. The van der Waals surface area contributed by atoms with Crippen LogP contribution in [0, 0.1) is 6.92 Å². The molecule has 1 heterocycles. The van der Waals surface area contributed by atoms with Crippen LogP contribution in [0.3, 0.4) is 0 Å². The summed E-state index contributed by atoms with van der Waals surface area (Å²) in [5, 5.41) is 6.17. The summed E-state index contributed by atoms with van der Waals surface area (Å²) in [5.74, 6) is 0.724. The summed E-state index contributed by atoms with van der Waals surface area (Å²) in [4.78, 5) is 11.5. The van der Waals surface area contributed by atoms with E-state index in [0.717, 1.165) is 0 Å². The molecule has 0 aliphatic heterocycles. The summed E-state index contributed by atoms with van der Waals surface area (Å²) in [5.41, 5.74) is 5.61. The van der Waals surface area contributed by atoms with Crippen molar-refractivity contribution in [1.82, 2.24) is 5.16 Å². The number of amides is 1. The summed E-state index contributed by atoms with van der Waals surface area (Å²) in [6, 6.07) is 1.03. The molecule has 84 valence electrons. The fourth-order valence-corrected chi connectivity index (χ4v) is 1.02. The van der Waals surface area contributed by atoms with Crippen molar-refractivity contribution in [2.24, 2.45) is 5.73 Å². The molecule has 1 aromatic rings. The monoisotopic (exact) mass is 213 g/mol. The highest BCUT2D eigenvalue weighted by molar-refractivity contribution is 5.93. The molecule has 0 spiro atoms. The molecule has 6 nitrogen and oxygen atoms in total. The van der Waals surface area contributed by atoms with Crippen molar-refractivity contribution < 1.29 is 14.1 Å². The first-order valence-electron chi connectivity index (χ1n) is 4.62. The van der Waals surface area contributed by atoms with Crippen LogP contribution >= 0.6 is 0 Å². The number of aromatic nitrogens is 1. The molecule has 0 saturated carbocycles. The molecular formula is C9H15N3O3. The maximum absolute atomic E-state index is 11.5. The molecule has 0 aliphatic carbocycles. The van der Waals surface area contributed by atoms with Crippen LogP contribution in [-0.2, 0) is 9.53 Å². The normalized spacial score (nSPS) is 12.5. The molecule has 6 heteroatoms. The molecule has 1 rings (SSSR count). The number of carbonyl (C=O) groups excluding carboxylic acids is 1. The Morgan fingerprint density at radius 3 is 3.07 bits per heavy atom. The number of rotatable bonds is 5. The SMILES string of the molecule is COCCC(N)C(=O)Nc1cc(C)on1. The van der Waals surface area contributed by atoms with Gasteiger partial charge in [0.05, 0.1) is 6.04 Å². The molecule has 0 saturated heterocycles. The number of carbonyl (C=O) groups is 1. The number of ether oxygens (including phenoxy) is 1. The van der Waals surface area contributed by atoms with Crippen molar-refractivity contribution in [3.63, 3.8) is 0 Å². The highest BCUT2D eigenvalue weighted by Crippen LogP contribution is 2.07. The highest BCUT2D eigenvalue weighted by atomic mass is 16.5. The predicted molar refractivity (Wildman–Crippen MR) is 54.3 cm³/mol. The molecule has 1 aromatic heterocycles. The number of nitrogens with one attached hydrogen (secondary N) is 1. The molecule has 1 atom stereocenters. The Hall–Kier alpha value is -1.40. The van der Waals surface area contributed by atoms with Crippen LogP contribution in [0.4, 0.5) is 5.82 Å². The molecule has 0 aromatic carbocycles. The van der Waals surface area contributed by atoms with Gasteiger partial charge in [-0.05, 0) is 13.3 Å². The largest absolute Gasteiger partial charge is 0.385 e. The van der Waals surface area contributed by atoms with Crippen molar-refractivity contribution in [2.75, 3.05) is 19.0 Å². The Labute approximate surface area is 87.8 Å². The van der Waals surface area contributed by atoms with Gasteiger partial charge in [0.15, 0.2) is 5.82 Å². The third-order valence-electron chi connectivity index (χ3n) is 1.85. The van der Waals surface area contributed by atoms with Crippen LogP contribution in [0.15, 0.2) is 10.6 Å². The third kappa shape index (κ3) is 3.69. The van der Waals surface area contributed by atoms with E-state index in [2.05, 4.69) is 10.5 Å². The zero-order chi connectivity index (χ0) is 11.3. The fraction of sp³-hybridized carbons (Fsp3) is 0.556. The minimum Gasteiger partial charge on any atom is -0.385 e. The molecule has 3 N–H and O–H groups in total. The second-order valence-corrected chi connectivity index (χ2v) is 3.20. The van der Waals surface area contributed by atoms with E-state index in [-0.39, 0.29) is 5.91 Å². The van der Waals surface area contributed by atoms with Gasteiger partial charge in [-0.25, -0.2) is 0 Å². The smallest absolute Gasteiger partial charge is 0.242 e. The number of methoxy groups -OCH3 is 1. The summed E-state index contributed by atoms with van der Waals surface area (Å²) in [6.07, 6.45) is 0.471. The van der Waals surface area contributed by atoms with E-state index in [9.17, 15) is 4.79 Å². The molecule has 1 amide bonds. The van der Waals surface area contributed by atoms with E-state index in [1.165, 1.54) is 0 Å². The molecule has 0 bridgehead atoms. The third-order valence-corrected chi connectivity index (χ3v) is 1.85. The summed E-state index contributed by atoms with van der Waals surface area (Å²) in [6.45, 7) is 2.19. The van der Waals surface area contributed by atoms with Gasteiger partial charge >= 0.3 is 0 Å². The van der Waals surface area contributed by atoms with Crippen molar-refractivity contribution >= 4 is 11.7 Å². The van der Waals surface area contributed by atoms with Crippen LogP contribution in [0.1, 0.15) is 12.2 Å². The van der Waals surface area contributed by atoms with Gasteiger partial charge < -0.3 is 20.3 Å². The Morgan fingerprint density at radius 2 is 2.53 bits per heavy atom. The van der Waals surface area contributed by atoms with Crippen LogP contribution in [-0.4, -0.2) is 30.8 Å². The van der Waals surface area contributed by atoms with Gasteiger partial charge in [-0.1, -0.05) is 5.16 Å². The minimum absolute atomic E-state index is 0.291. The van der Waals surface area contributed by atoms with Crippen LogP contribution in [0.2, 0.25) is 0 Å². The zero-order valence-electron chi connectivity index (χ0n) is 8.82. The average molecular weight is 213 g/mol. The van der Waals surface area contributed by atoms with Crippen LogP contribution < -0.4 is 11.1 Å². The highest BCUT2D eigenvalue weighted by Gasteiger charge is 2.14. The van der Waals surface area contributed by atoms with Gasteiger partial charge in [-0.15, -0.1) is 0 Å². The number of nitrogens with zero attached hydrogens (tertiary/aromatic N) is 1. The Balaban J connectivity index is 2.41. The lowest BCUT2D eigenvalue weighted by Crippen LogP contribution is -2.36. The van der Waals surface area contributed by atoms with Crippen LogP contribution in [0.25, 0.3) is 0 Å². The second kappa shape index (κ2) is 5.47. The average Bonchev–Trinajstić information content (AvgIpc) is 2.60. The Kier molecular flexibility index (Phi) is 4.26. The number of hydrogen-bond acceptors (Lipinski definition) is 5. The number of anilines is 1. The zero-order valence-corrected chi connectivity index (χ0v) is 8.82. The summed E-state index contributed by atoms with van der Waals surface area (Å²) in [7, 11) is 1.56. The van der Waals surface area contributed by atoms with E-state index in [1.807, 2.05) is 0 Å². The van der Waals surface area contributed by atoms with E-state index >= 15 is 0 Å². The van der Waals surface area contributed by atoms with Crippen molar-refractivity contribution in [1.29, 1.82) is 0 Å². The molecular weight excluding hydrogens is 198 g/mol. The molecule has 0 fully saturated rings. The summed E-state index contributed by atoms with van der Waals surface area (Å²) >= 11 is 0.